The lowest BCUT2D eigenvalue weighted by molar-refractivity contribution is -0.132. The van der Waals surface area contributed by atoms with E-state index in [0.29, 0.717) is 17.0 Å². The molecular formula is C28H21N3O5. The molecule has 3 heterocycles. The number of rotatable bonds is 4. The Bertz CT molecular complexity index is 1490. The molecule has 0 saturated carbocycles. The fraction of sp³-hybridized carbons (Fsp3) is 0.179. The number of hydrogen-bond acceptors (Lipinski definition) is 7. The SMILES string of the molecule is CC(=O)Oc1ccc(C(=O)[C@@H]2[C@@H]3C(=O)N(c4ccc5ccccc5c4)C(=O)[C@H]3[C@H]3C=CC=NN32)cc1. The van der Waals surface area contributed by atoms with Crippen LogP contribution in [0.15, 0.2) is 84.0 Å². The van der Waals surface area contributed by atoms with E-state index in [0.717, 1.165) is 10.8 Å². The molecule has 4 atom stereocenters. The van der Waals surface area contributed by atoms with Crippen LogP contribution in [-0.4, -0.2) is 46.9 Å². The second-order valence-electron chi connectivity index (χ2n) is 9.04. The second kappa shape index (κ2) is 8.27. The van der Waals surface area contributed by atoms with Gasteiger partial charge in [0.2, 0.25) is 11.8 Å². The van der Waals surface area contributed by atoms with Gasteiger partial charge in [-0.05, 0) is 53.2 Å². The number of fused-ring (bicyclic) bond motifs is 4. The van der Waals surface area contributed by atoms with E-state index < -0.39 is 35.8 Å². The zero-order chi connectivity index (χ0) is 25.0. The van der Waals surface area contributed by atoms with Crippen LogP contribution >= 0.6 is 0 Å². The van der Waals surface area contributed by atoms with Gasteiger partial charge in [0.25, 0.3) is 0 Å². The second-order valence-corrected chi connectivity index (χ2v) is 9.04. The standard InChI is InChI=1S/C28H21N3O5/c1-16(32)36-21-12-9-18(10-13-21)26(33)25-24-23(22-7-4-14-29-31(22)25)27(34)30(28(24)35)20-11-8-17-5-2-3-6-19(17)15-20/h2-15,22-25H,1H3/t22-,23+,24-,25+/m1/s1. The largest absolute Gasteiger partial charge is 0.427 e. The Morgan fingerprint density at radius 3 is 2.36 bits per heavy atom. The van der Waals surface area contributed by atoms with Crippen LogP contribution in [0.3, 0.4) is 0 Å². The molecule has 3 aromatic carbocycles. The maximum Gasteiger partial charge on any atom is 0.308 e. The lowest BCUT2D eigenvalue weighted by Gasteiger charge is -2.30. The van der Waals surface area contributed by atoms with Gasteiger partial charge >= 0.3 is 5.97 Å². The van der Waals surface area contributed by atoms with Crippen LogP contribution in [0.1, 0.15) is 17.3 Å². The molecular weight excluding hydrogens is 458 g/mol. The minimum absolute atomic E-state index is 0.315. The number of anilines is 1. The number of ether oxygens (including phenoxy) is 1. The van der Waals surface area contributed by atoms with E-state index in [2.05, 4.69) is 5.10 Å². The molecule has 0 radical (unpaired) electrons. The van der Waals surface area contributed by atoms with Gasteiger partial charge in [-0.3, -0.25) is 24.2 Å². The lowest BCUT2D eigenvalue weighted by Crippen LogP contribution is -2.46. The molecule has 6 rings (SSSR count). The van der Waals surface area contributed by atoms with Crippen molar-refractivity contribution in [3.05, 3.63) is 84.4 Å². The zero-order valence-electron chi connectivity index (χ0n) is 19.3. The van der Waals surface area contributed by atoms with Gasteiger partial charge in [-0.1, -0.05) is 36.4 Å². The number of hydrogen-bond donors (Lipinski definition) is 0. The fourth-order valence-electron chi connectivity index (χ4n) is 5.43. The van der Waals surface area contributed by atoms with Crippen molar-refractivity contribution in [3.8, 4) is 5.75 Å². The first-order valence-corrected chi connectivity index (χ1v) is 11.6. The summed E-state index contributed by atoms with van der Waals surface area (Å²) < 4.78 is 5.06. The number of carbonyl (C=O) groups is 4. The molecule has 2 saturated heterocycles. The maximum atomic E-state index is 13.8. The number of amides is 2. The average Bonchev–Trinajstić information content (AvgIpc) is 3.36. The number of imide groups is 1. The van der Waals surface area contributed by atoms with Gasteiger partial charge in [-0.15, -0.1) is 0 Å². The molecule has 0 unspecified atom stereocenters. The van der Waals surface area contributed by atoms with Crippen molar-refractivity contribution >= 4 is 46.2 Å². The van der Waals surface area contributed by atoms with Crippen molar-refractivity contribution in [2.24, 2.45) is 16.9 Å². The third kappa shape index (κ3) is 3.33. The average molecular weight is 479 g/mol. The summed E-state index contributed by atoms with van der Waals surface area (Å²) in [6.45, 7) is 1.30. The Morgan fingerprint density at radius 2 is 1.61 bits per heavy atom. The molecule has 2 fully saturated rings. The molecule has 8 heteroatoms. The Morgan fingerprint density at radius 1 is 0.889 bits per heavy atom. The molecule has 0 aromatic heterocycles. The van der Waals surface area contributed by atoms with Crippen LogP contribution < -0.4 is 9.64 Å². The first kappa shape index (κ1) is 21.9. The molecule has 8 nitrogen and oxygen atoms in total. The molecule has 36 heavy (non-hydrogen) atoms. The number of nitrogens with zero attached hydrogens (tertiary/aromatic N) is 3. The highest BCUT2D eigenvalue weighted by Crippen LogP contribution is 2.46. The van der Waals surface area contributed by atoms with Gasteiger partial charge in [0, 0.05) is 18.7 Å². The molecule has 178 valence electrons. The summed E-state index contributed by atoms with van der Waals surface area (Å²) in [7, 11) is 0. The van der Waals surface area contributed by atoms with E-state index in [-0.39, 0.29) is 11.7 Å². The van der Waals surface area contributed by atoms with Gasteiger partial charge in [0.1, 0.15) is 11.8 Å². The van der Waals surface area contributed by atoms with E-state index in [1.165, 1.54) is 24.0 Å². The summed E-state index contributed by atoms with van der Waals surface area (Å²) in [5, 5.41) is 7.86. The van der Waals surface area contributed by atoms with E-state index in [4.69, 9.17) is 4.74 Å². The molecule has 3 aliphatic heterocycles. The molecule has 0 N–H and O–H groups in total. The van der Waals surface area contributed by atoms with Gasteiger partial charge in [-0.2, -0.15) is 5.10 Å². The zero-order valence-corrected chi connectivity index (χ0v) is 19.3. The van der Waals surface area contributed by atoms with Crippen LogP contribution in [0.25, 0.3) is 10.8 Å². The number of esters is 1. The molecule has 0 aliphatic carbocycles. The summed E-state index contributed by atoms with van der Waals surface area (Å²) in [6, 6.07) is 17.9. The number of carbonyl (C=O) groups excluding carboxylic acids is 4. The van der Waals surface area contributed by atoms with Crippen LogP contribution in [0, 0.1) is 11.8 Å². The minimum atomic E-state index is -0.942. The number of Topliss-reactive ketones (excluding diaryl/α,β-unsaturated/α-hetero) is 1. The van der Waals surface area contributed by atoms with Gasteiger partial charge < -0.3 is 4.74 Å². The summed E-state index contributed by atoms with van der Waals surface area (Å²) >= 11 is 0. The summed E-state index contributed by atoms with van der Waals surface area (Å²) in [6.07, 6.45) is 5.10. The maximum absolute atomic E-state index is 13.8. The number of hydrazone groups is 1. The first-order chi connectivity index (χ1) is 17.4. The van der Waals surface area contributed by atoms with Crippen molar-refractivity contribution in [3.63, 3.8) is 0 Å². The van der Waals surface area contributed by atoms with Crippen LogP contribution in [0.2, 0.25) is 0 Å². The summed E-state index contributed by atoms with van der Waals surface area (Å²) in [5.41, 5.74) is 0.828. The highest BCUT2D eigenvalue weighted by atomic mass is 16.5. The van der Waals surface area contributed by atoms with Crippen LogP contribution in [0.4, 0.5) is 5.69 Å². The normalized spacial score (nSPS) is 24.2. The Labute approximate surface area is 206 Å². The van der Waals surface area contributed by atoms with Gasteiger partial charge in [0.05, 0.1) is 23.6 Å². The lowest BCUT2D eigenvalue weighted by atomic mass is 9.86. The van der Waals surface area contributed by atoms with Crippen molar-refractivity contribution in [1.82, 2.24) is 5.01 Å². The van der Waals surface area contributed by atoms with Gasteiger partial charge in [0.15, 0.2) is 5.78 Å². The van der Waals surface area contributed by atoms with Crippen molar-refractivity contribution in [1.29, 1.82) is 0 Å². The molecule has 3 aliphatic rings. The monoisotopic (exact) mass is 479 g/mol. The van der Waals surface area contributed by atoms with Crippen molar-refractivity contribution in [2.45, 2.75) is 19.0 Å². The van der Waals surface area contributed by atoms with Crippen molar-refractivity contribution in [2.75, 3.05) is 4.90 Å². The topological polar surface area (TPSA) is 96.3 Å². The Hall–Kier alpha value is -4.59. The third-order valence-electron chi connectivity index (χ3n) is 6.95. The highest BCUT2D eigenvalue weighted by Gasteiger charge is 2.64. The quantitative estimate of drug-likeness (QED) is 0.246. The van der Waals surface area contributed by atoms with Gasteiger partial charge in [-0.25, -0.2) is 4.90 Å². The Balaban J connectivity index is 1.38. The molecule has 0 spiro atoms. The van der Waals surface area contributed by atoms with E-state index in [1.807, 2.05) is 42.5 Å². The smallest absolute Gasteiger partial charge is 0.308 e. The predicted octanol–water partition coefficient (Wildman–Crippen LogP) is 3.36. The van der Waals surface area contributed by atoms with E-state index in [9.17, 15) is 19.2 Å². The number of ketones is 1. The molecule has 0 bridgehead atoms. The third-order valence-corrected chi connectivity index (χ3v) is 6.95. The fourth-order valence-corrected chi connectivity index (χ4v) is 5.43. The number of allylic oxidation sites excluding steroid dienone is 1. The highest BCUT2D eigenvalue weighted by molar-refractivity contribution is 6.25. The predicted molar refractivity (Wildman–Crippen MR) is 133 cm³/mol. The Kier molecular flexibility index (Phi) is 5.03. The van der Waals surface area contributed by atoms with E-state index in [1.54, 1.807) is 35.5 Å². The van der Waals surface area contributed by atoms with Crippen LogP contribution in [0.5, 0.6) is 5.75 Å². The van der Waals surface area contributed by atoms with Crippen LogP contribution in [-0.2, 0) is 14.4 Å². The first-order valence-electron chi connectivity index (χ1n) is 11.6. The van der Waals surface area contributed by atoms with Crippen molar-refractivity contribution < 1.29 is 23.9 Å². The number of benzene rings is 3. The summed E-state index contributed by atoms with van der Waals surface area (Å²) in [4.78, 5) is 53.6. The van der Waals surface area contributed by atoms with E-state index >= 15 is 0 Å². The minimum Gasteiger partial charge on any atom is -0.427 e. The molecule has 3 aromatic rings. The molecule has 2 amide bonds. The summed E-state index contributed by atoms with van der Waals surface area (Å²) in [5.74, 6) is -2.83.